The normalized spacial score (nSPS) is 11.0. The number of nitrogens with two attached hydrogens (primary N) is 1. The Morgan fingerprint density at radius 3 is 2.85 bits per heavy atom. The number of alkyl halides is 1. The largest absolute Gasteiger partial charge is 0.507 e. The fourth-order valence-corrected chi connectivity index (χ4v) is 3.09. The number of carbonyl (C=O) groups excluding carboxylic acids is 1. The van der Waals surface area contributed by atoms with Gasteiger partial charge >= 0.3 is 0 Å². The lowest BCUT2D eigenvalue weighted by Crippen LogP contribution is -2.12. The number of rotatable bonds is 6. The van der Waals surface area contributed by atoms with Crippen LogP contribution in [-0.4, -0.2) is 27.4 Å². The summed E-state index contributed by atoms with van der Waals surface area (Å²) < 4.78 is 0.855. The topological polar surface area (TPSA) is 116 Å². The minimum atomic E-state index is -0.688. The Kier molecular flexibility index (Phi) is 5.97. The molecule has 27 heavy (non-hydrogen) atoms. The van der Waals surface area contributed by atoms with Crippen LogP contribution in [0.5, 0.6) is 5.75 Å². The lowest BCUT2D eigenvalue weighted by Gasteiger charge is -2.06. The molecule has 1 aromatic heterocycles. The van der Waals surface area contributed by atoms with Crippen molar-refractivity contribution < 1.29 is 9.90 Å². The number of hydrogen-bond acceptors (Lipinski definition) is 5. The van der Waals surface area contributed by atoms with Crippen molar-refractivity contribution >= 4 is 63.6 Å². The average Bonchev–Trinajstić information content (AvgIpc) is 3.04. The van der Waals surface area contributed by atoms with Crippen LogP contribution in [0.25, 0.3) is 0 Å². The lowest BCUT2D eigenvalue weighted by molar-refractivity contribution is 0.100. The van der Waals surface area contributed by atoms with Crippen LogP contribution in [0.4, 0.5) is 17.3 Å². The number of aromatic nitrogens is 2. The van der Waals surface area contributed by atoms with E-state index in [1.165, 1.54) is 12.3 Å². The molecule has 0 aliphatic carbocycles. The van der Waals surface area contributed by atoms with E-state index in [2.05, 4.69) is 43.1 Å². The smallest absolute Gasteiger partial charge is 0.256 e. The fraction of sp³-hybridized carbons (Fsp3) is 0.0556. The minimum absolute atomic E-state index is 0.0275. The number of phenols is 1. The van der Waals surface area contributed by atoms with Crippen LogP contribution in [0.15, 0.2) is 47.5 Å². The highest BCUT2D eigenvalue weighted by molar-refractivity contribution is 14.1. The number of nitrogens with zero attached hydrogens (tertiary/aromatic N) is 2. The summed E-state index contributed by atoms with van der Waals surface area (Å²) in [5.74, 6) is -0.287. The zero-order chi connectivity index (χ0) is 19.4. The van der Waals surface area contributed by atoms with Crippen LogP contribution in [0.2, 0.25) is 5.02 Å². The molecule has 0 spiro atoms. The summed E-state index contributed by atoms with van der Waals surface area (Å²) in [6.07, 6.45) is 1.35. The van der Waals surface area contributed by atoms with Gasteiger partial charge in [0, 0.05) is 16.3 Å². The summed E-state index contributed by atoms with van der Waals surface area (Å²) >= 11 is 8.33. The van der Waals surface area contributed by atoms with Crippen molar-refractivity contribution in [1.82, 2.24) is 10.2 Å². The highest BCUT2D eigenvalue weighted by Crippen LogP contribution is 2.28. The molecule has 1 amide bonds. The molecule has 0 saturated heterocycles. The van der Waals surface area contributed by atoms with E-state index in [1.807, 2.05) is 24.3 Å². The van der Waals surface area contributed by atoms with Crippen LogP contribution >= 0.6 is 34.2 Å². The Labute approximate surface area is 173 Å². The Morgan fingerprint density at radius 2 is 2.15 bits per heavy atom. The van der Waals surface area contributed by atoms with Gasteiger partial charge in [-0.25, -0.2) is 4.99 Å². The number of phenolic OH excluding ortho intramolecular Hbond substituents is 1. The van der Waals surface area contributed by atoms with Gasteiger partial charge in [0.15, 0.2) is 11.6 Å². The van der Waals surface area contributed by atoms with E-state index in [-0.39, 0.29) is 22.9 Å². The molecule has 138 valence electrons. The summed E-state index contributed by atoms with van der Waals surface area (Å²) in [4.78, 5) is 16.1. The molecule has 1 heterocycles. The number of aliphatic imine (C=N–C) groups is 1. The van der Waals surface area contributed by atoms with E-state index in [4.69, 9.17) is 17.3 Å². The summed E-state index contributed by atoms with van der Waals surface area (Å²) in [6, 6.07) is 12.5. The maximum atomic E-state index is 11.9. The molecule has 0 saturated carbocycles. The predicted octanol–water partition coefficient (Wildman–Crippen LogP) is 4.30. The summed E-state index contributed by atoms with van der Waals surface area (Å²) in [6.45, 7) is 0. The van der Waals surface area contributed by atoms with Gasteiger partial charge in [-0.05, 0) is 29.8 Å². The van der Waals surface area contributed by atoms with E-state index in [9.17, 15) is 9.90 Å². The molecule has 3 aromatic rings. The van der Waals surface area contributed by atoms with E-state index in [1.54, 1.807) is 12.1 Å². The molecule has 0 aliphatic rings. The summed E-state index contributed by atoms with van der Waals surface area (Å²) in [5.41, 5.74) is 7.85. The maximum Gasteiger partial charge on any atom is 0.256 e. The first kappa shape index (κ1) is 19.2. The summed E-state index contributed by atoms with van der Waals surface area (Å²) in [7, 11) is 0. The second-order valence-electron chi connectivity index (χ2n) is 5.55. The molecule has 0 atom stereocenters. The highest BCUT2D eigenvalue weighted by Gasteiger charge is 2.18. The zero-order valence-electron chi connectivity index (χ0n) is 13.9. The number of amides is 1. The molecule has 0 bridgehead atoms. The van der Waals surface area contributed by atoms with Crippen molar-refractivity contribution in [2.45, 2.75) is 4.43 Å². The molecule has 0 aliphatic heterocycles. The maximum absolute atomic E-state index is 11.9. The highest BCUT2D eigenvalue weighted by atomic mass is 127. The molecule has 9 heteroatoms. The quantitative estimate of drug-likeness (QED) is 0.232. The van der Waals surface area contributed by atoms with Gasteiger partial charge in [0.25, 0.3) is 5.91 Å². The monoisotopic (exact) mass is 495 g/mol. The standard InChI is InChI=1S/C18H15ClIN5O2/c19-13-5-2-6-14(26)12(13)9-22-17-15(16(21)27)18(25-24-17)23-11-4-1-3-10(7-11)8-20/h1-7,9,26H,8H2,(H2,21,27)(H2,23,24,25)/b22-9+. The third kappa shape index (κ3) is 4.40. The van der Waals surface area contributed by atoms with Crippen LogP contribution < -0.4 is 11.1 Å². The van der Waals surface area contributed by atoms with Gasteiger partial charge < -0.3 is 16.2 Å². The van der Waals surface area contributed by atoms with Crippen molar-refractivity contribution in [3.63, 3.8) is 0 Å². The minimum Gasteiger partial charge on any atom is -0.507 e. The number of benzene rings is 2. The number of H-pyrrole nitrogens is 1. The van der Waals surface area contributed by atoms with Gasteiger partial charge in [-0.2, -0.15) is 5.10 Å². The number of anilines is 2. The predicted molar refractivity (Wildman–Crippen MR) is 115 cm³/mol. The third-order valence-electron chi connectivity index (χ3n) is 3.69. The first-order chi connectivity index (χ1) is 13.0. The number of nitrogens with one attached hydrogen (secondary N) is 2. The van der Waals surface area contributed by atoms with Gasteiger partial charge in [-0.1, -0.05) is 52.4 Å². The van der Waals surface area contributed by atoms with Gasteiger partial charge in [0.2, 0.25) is 0 Å². The number of primary amides is 1. The van der Waals surface area contributed by atoms with E-state index >= 15 is 0 Å². The molecular formula is C18H15ClIN5O2. The van der Waals surface area contributed by atoms with E-state index in [0.29, 0.717) is 10.6 Å². The SMILES string of the molecule is NC(=O)c1c(Nc2cccc(CI)c2)n[nH]c1/N=C/c1c(O)cccc1Cl. The first-order valence-electron chi connectivity index (χ1n) is 7.81. The number of carbonyl (C=O) groups is 1. The number of aromatic amines is 1. The molecule has 2 aromatic carbocycles. The van der Waals surface area contributed by atoms with Gasteiger partial charge in [0.05, 0.1) is 10.6 Å². The van der Waals surface area contributed by atoms with E-state index < -0.39 is 5.91 Å². The molecule has 0 fully saturated rings. The third-order valence-corrected chi connectivity index (χ3v) is 4.90. The van der Waals surface area contributed by atoms with Crippen molar-refractivity contribution in [3.8, 4) is 5.75 Å². The van der Waals surface area contributed by atoms with Crippen LogP contribution in [0.1, 0.15) is 21.5 Å². The zero-order valence-corrected chi connectivity index (χ0v) is 16.8. The molecule has 5 N–H and O–H groups in total. The molecular weight excluding hydrogens is 481 g/mol. The Bertz CT molecular complexity index is 998. The van der Waals surface area contributed by atoms with Crippen molar-refractivity contribution in [1.29, 1.82) is 0 Å². The lowest BCUT2D eigenvalue weighted by atomic mass is 10.2. The number of hydrogen-bond donors (Lipinski definition) is 4. The molecule has 0 unspecified atom stereocenters. The average molecular weight is 496 g/mol. The Morgan fingerprint density at radius 1 is 1.37 bits per heavy atom. The van der Waals surface area contributed by atoms with Gasteiger partial charge in [-0.15, -0.1) is 0 Å². The second kappa shape index (κ2) is 8.40. The van der Waals surface area contributed by atoms with Crippen molar-refractivity contribution in [2.75, 3.05) is 5.32 Å². The molecule has 7 nitrogen and oxygen atoms in total. The molecule has 3 rings (SSSR count). The second-order valence-corrected chi connectivity index (χ2v) is 6.72. The van der Waals surface area contributed by atoms with Crippen LogP contribution in [0, 0.1) is 0 Å². The van der Waals surface area contributed by atoms with E-state index in [0.717, 1.165) is 15.7 Å². The fourth-order valence-electron chi connectivity index (χ4n) is 2.40. The van der Waals surface area contributed by atoms with Gasteiger partial charge in [0.1, 0.15) is 11.3 Å². The van der Waals surface area contributed by atoms with Crippen molar-refractivity contribution in [3.05, 3.63) is 64.2 Å². The van der Waals surface area contributed by atoms with Crippen LogP contribution in [-0.2, 0) is 4.43 Å². The van der Waals surface area contributed by atoms with Crippen molar-refractivity contribution in [2.24, 2.45) is 10.7 Å². The summed E-state index contributed by atoms with van der Waals surface area (Å²) in [5, 5.41) is 20.1. The number of aromatic hydroxyl groups is 1. The Hall–Kier alpha value is -2.59. The Balaban J connectivity index is 1.94. The van der Waals surface area contributed by atoms with Crippen LogP contribution in [0.3, 0.4) is 0 Å². The first-order valence-corrected chi connectivity index (χ1v) is 9.71. The molecule has 0 radical (unpaired) electrons. The van der Waals surface area contributed by atoms with Gasteiger partial charge in [-0.3, -0.25) is 9.89 Å². The number of halogens is 2.